The monoisotopic (exact) mass is 462 g/mol. The van der Waals surface area contributed by atoms with E-state index in [9.17, 15) is 9.59 Å². The first kappa shape index (κ1) is 27.6. The second kappa shape index (κ2) is 14.6. The average Bonchev–Trinajstić information content (AvgIpc) is 2.84. The molecule has 0 saturated heterocycles. The molecule has 0 aliphatic heterocycles. The summed E-state index contributed by atoms with van der Waals surface area (Å²) >= 11 is 0. The quantitative estimate of drug-likeness (QED) is 0.206. The Hall–Kier alpha value is -1.62. The summed E-state index contributed by atoms with van der Waals surface area (Å²) in [5.41, 5.74) is 0.412. The largest absolute Gasteiger partial charge is 0.462 e. The Morgan fingerprint density at radius 3 is 1.94 bits per heavy atom. The standard InChI is InChI=1S/C28H46O5/c1-5-6-7-8-22-9-11-23(12-10-22)24-13-15-25(16-14-24)26(18-32-27(30)20(2)3)19-33-28(31)21(4)17-29/h22-26,29H,2,4-19H2,1,3H3. The van der Waals surface area contributed by atoms with Crippen LogP contribution in [-0.4, -0.2) is 36.9 Å². The van der Waals surface area contributed by atoms with Gasteiger partial charge in [0.1, 0.15) is 0 Å². The fourth-order valence-electron chi connectivity index (χ4n) is 5.69. The molecule has 2 aliphatic rings. The summed E-state index contributed by atoms with van der Waals surface area (Å²) in [6.45, 7) is 11.1. The van der Waals surface area contributed by atoms with Crippen molar-refractivity contribution in [3.63, 3.8) is 0 Å². The third-order valence-electron chi connectivity index (χ3n) is 7.94. The maximum absolute atomic E-state index is 12.0. The van der Waals surface area contributed by atoms with Crippen LogP contribution in [0.2, 0.25) is 0 Å². The maximum atomic E-state index is 12.0. The van der Waals surface area contributed by atoms with Crippen molar-refractivity contribution in [1.82, 2.24) is 0 Å². The molecule has 0 aromatic rings. The van der Waals surface area contributed by atoms with Gasteiger partial charge in [0.15, 0.2) is 0 Å². The van der Waals surface area contributed by atoms with Crippen LogP contribution in [0.5, 0.6) is 0 Å². The van der Waals surface area contributed by atoms with Crippen LogP contribution in [0.4, 0.5) is 0 Å². The van der Waals surface area contributed by atoms with Gasteiger partial charge in [0, 0.05) is 11.5 Å². The third kappa shape index (κ3) is 9.27. The van der Waals surface area contributed by atoms with Crippen molar-refractivity contribution >= 4 is 11.9 Å². The fourth-order valence-corrected chi connectivity index (χ4v) is 5.69. The summed E-state index contributed by atoms with van der Waals surface area (Å²) in [6, 6.07) is 0. The van der Waals surface area contributed by atoms with Gasteiger partial charge in [0.05, 0.1) is 25.4 Å². The zero-order valence-electron chi connectivity index (χ0n) is 21.0. The zero-order chi connectivity index (χ0) is 24.2. The average molecular weight is 463 g/mol. The number of carbonyl (C=O) groups excluding carboxylic acids is 2. The Morgan fingerprint density at radius 1 is 0.879 bits per heavy atom. The van der Waals surface area contributed by atoms with Crippen LogP contribution in [0.1, 0.15) is 90.9 Å². The van der Waals surface area contributed by atoms with Crippen molar-refractivity contribution in [2.75, 3.05) is 19.8 Å². The van der Waals surface area contributed by atoms with Gasteiger partial charge in [-0.15, -0.1) is 0 Å². The lowest BCUT2D eigenvalue weighted by molar-refractivity contribution is -0.146. The Bertz CT molecular complexity index is 639. The van der Waals surface area contributed by atoms with Crippen LogP contribution >= 0.6 is 0 Å². The Balaban J connectivity index is 1.83. The van der Waals surface area contributed by atoms with Gasteiger partial charge in [-0.05, 0) is 69.1 Å². The first-order valence-electron chi connectivity index (χ1n) is 13.1. The molecule has 0 radical (unpaired) electrons. The molecule has 1 N–H and O–H groups in total. The molecule has 2 rings (SSSR count). The summed E-state index contributed by atoms with van der Waals surface area (Å²) in [6.07, 6.45) is 15.6. The number of hydrogen-bond acceptors (Lipinski definition) is 5. The number of aliphatic hydroxyl groups excluding tert-OH is 1. The van der Waals surface area contributed by atoms with E-state index in [1.54, 1.807) is 6.92 Å². The Morgan fingerprint density at radius 2 is 1.42 bits per heavy atom. The molecule has 0 aromatic heterocycles. The van der Waals surface area contributed by atoms with Crippen molar-refractivity contribution in [3.8, 4) is 0 Å². The maximum Gasteiger partial charge on any atom is 0.335 e. The molecule has 2 saturated carbocycles. The van der Waals surface area contributed by atoms with Gasteiger partial charge in [0.25, 0.3) is 0 Å². The third-order valence-corrected chi connectivity index (χ3v) is 7.94. The van der Waals surface area contributed by atoms with Crippen molar-refractivity contribution in [2.45, 2.75) is 90.9 Å². The summed E-state index contributed by atoms with van der Waals surface area (Å²) in [4.78, 5) is 23.9. The van der Waals surface area contributed by atoms with Gasteiger partial charge in [-0.25, -0.2) is 9.59 Å². The van der Waals surface area contributed by atoms with Crippen LogP contribution < -0.4 is 0 Å². The van der Waals surface area contributed by atoms with Crippen LogP contribution in [0.15, 0.2) is 24.3 Å². The number of rotatable bonds is 13. The van der Waals surface area contributed by atoms with Crippen LogP contribution in [0.25, 0.3) is 0 Å². The minimum absolute atomic E-state index is 0.0426. The summed E-state index contributed by atoms with van der Waals surface area (Å²) in [7, 11) is 0. The number of hydrogen-bond donors (Lipinski definition) is 1. The minimum atomic E-state index is -0.585. The summed E-state index contributed by atoms with van der Waals surface area (Å²) in [5.74, 6) is 1.93. The van der Waals surface area contributed by atoms with E-state index in [1.807, 2.05) is 0 Å². The topological polar surface area (TPSA) is 72.8 Å². The SMILES string of the molecule is C=C(C)C(=O)OCC(COC(=O)C(=C)CO)C1CCC(C2CCC(CCCCC)CC2)CC1. The van der Waals surface area contributed by atoms with E-state index in [1.165, 1.54) is 64.2 Å². The van der Waals surface area contributed by atoms with Gasteiger partial charge in [0.2, 0.25) is 0 Å². The molecule has 0 aromatic carbocycles. The van der Waals surface area contributed by atoms with Gasteiger partial charge in [-0.3, -0.25) is 0 Å². The lowest BCUT2D eigenvalue weighted by Gasteiger charge is -2.39. The lowest BCUT2D eigenvalue weighted by atomic mass is 9.67. The number of aliphatic hydroxyl groups is 1. The van der Waals surface area contributed by atoms with E-state index < -0.39 is 18.5 Å². The Kier molecular flexibility index (Phi) is 12.2. The van der Waals surface area contributed by atoms with Crippen LogP contribution in [0.3, 0.4) is 0 Å². The molecular formula is C28H46O5. The molecule has 1 atom stereocenters. The second-order valence-corrected chi connectivity index (χ2v) is 10.5. The fraction of sp³-hybridized carbons (Fsp3) is 0.786. The highest BCUT2D eigenvalue weighted by Gasteiger charge is 2.34. The number of carbonyl (C=O) groups is 2. The molecule has 188 valence electrons. The van der Waals surface area contributed by atoms with Crippen molar-refractivity contribution < 1.29 is 24.2 Å². The minimum Gasteiger partial charge on any atom is -0.462 e. The van der Waals surface area contributed by atoms with E-state index in [0.717, 1.165) is 30.6 Å². The highest BCUT2D eigenvalue weighted by molar-refractivity contribution is 5.88. The molecule has 5 nitrogen and oxygen atoms in total. The summed E-state index contributed by atoms with van der Waals surface area (Å²) < 4.78 is 10.8. The molecule has 0 bridgehead atoms. The number of unbranched alkanes of at least 4 members (excludes halogenated alkanes) is 2. The summed E-state index contributed by atoms with van der Waals surface area (Å²) in [5, 5.41) is 9.10. The van der Waals surface area contributed by atoms with E-state index in [-0.39, 0.29) is 24.7 Å². The second-order valence-electron chi connectivity index (χ2n) is 10.5. The predicted octanol–water partition coefficient (Wildman–Crippen LogP) is 6.01. The van der Waals surface area contributed by atoms with Crippen molar-refractivity contribution in [1.29, 1.82) is 0 Å². The normalized spacial score (nSPS) is 26.3. The molecule has 0 heterocycles. The van der Waals surface area contributed by atoms with E-state index in [2.05, 4.69) is 20.1 Å². The molecule has 33 heavy (non-hydrogen) atoms. The smallest absolute Gasteiger partial charge is 0.335 e. The van der Waals surface area contributed by atoms with E-state index in [4.69, 9.17) is 14.6 Å². The van der Waals surface area contributed by atoms with Crippen molar-refractivity contribution in [2.24, 2.45) is 29.6 Å². The molecular weight excluding hydrogens is 416 g/mol. The van der Waals surface area contributed by atoms with Gasteiger partial charge in [-0.1, -0.05) is 58.6 Å². The molecule has 2 aliphatic carbocycles. The molecule has 5 heteroatoms. The van der Waals surface area contributed by atoms with E-state index >= 15 is 0 Å². The van der Waals surface area contributed by atoms with E-state index in [0.29, 0.717) is 11.5 Å². The molecule has 0 amide bonds. The first-order valence-corrected chi connectivity index (χ1v) is 13.1. The van der Waals surface area contributed by atoms with Gasteiger partial charge in [-0.2, -0.15) is 0 Å². The number of ether oxygens (including phenoxy) is 2. The predicted molar refractivity (Wildman–Crippen MR) is 131 cm³/mol. The molecule has 1 unspecified atom stereocenters. The highest BCUT2D eigenvalue weighted by Crippen LogP contribution is 2.43. The van der Waals surface area contributed by atoms with Gasteiger partial charge >= 0.3 is 11.9 Å². The van der Waals surface area contributed by atoms with Crippen LogP contribution in [-0.2, 0) is 19.1 Å². The molecule has 0 spiro atoms. The highest BCUT2D eigenvalue weighted by atomic mass is 16.5. The lowest BCUT2D eigenvalue weighted by Crippen LogP contribution is -2.33. The van der Waals surface area contributed by atoms with Crippen LogP contribution in [0, 0.1) is 29.6 Å². The molecule has 2 fully saturated rings. The van der Waals surface area contributed by atoms with Gasteiger partial charge < -0.3 is 14.6 Å². The first-order chi connectivity index (χ1) is 15.8. The van der Waals surface area contributed by atoms with Crippen molar-refractivity contribution in [3.05, 3.63) is 24.3 Å². The zero-order valence-corrected chi connectivity index (χ0v) is 21.0. The Labute approximate surface area is 201 Å². The number of esters is 2.